The summed E-state index contributed by atoms with van der Waals surface area (Å²) in [5.41, 5.74) is 0.912. The van der Waals surface area contributed by atoms with Gasteiger partial charge in [0.05, 0.1) is 6.20 Å². The van der Waals surface area contributed by atoms with Crippen LogP contribution in [0.4, 0.5) is 0 Å². The normalized spacial score (nSPS) is 12.1. The molecule has 0 aliphatic rings. The highest BCUT2D eigenvalue weighted by molar-refractivity contribution is 6.30. The van der Waals surface area contributed by atoms with E-state index in [-0.39, 0.29) is 11.9 Å². The molecule has 0 saturated carbocycles. The lowest BCUT2D eigenvalue weighted by Gasteiger charge is -2.10. The summed E-state index contributed by atoms with van der Waals surface area (Å²) in [4.78, 5) is 15.9. The van der Waals surface area contributed by atoms with Crippen LogP contribution < -0.4 is 10.6 Å². The number of oxazole rings is 1. The maximum absolute atomic E-state index is 11.7. The van der Waals surface area contributed by atoms with Crippen LogP contribution in [-0.2, 0) is 11.2 Å². The Balaban J connectivity index is 1.84. The third-order valence-electron chi connectivity index (χ3n) is 3.35. The van der Waals surface area contributed by atoms with E-state index in [0.717, 1.165) is 5.56 Å². The Morgan fingerprint density at radius 1 is 1.36 bits per heavy atom. The molecule has 0 aliphatic heterocycles. The quantitative estimate of drug-likeness (QED) is 0.822. The summed E-state index contributed by atoms with van der Waals surface area (Å²) in [6.07, 6.45) is 2.50. The first-order valence-corrected chi connectivity index (χ1v) is 7.61. The average molecular weight is 322 g/mol. The smallest absolute Gasteiger partial charge is 0.220 e. The fourth-order valence-electron chi connectivity index (χ4n) is 1.85. The van der Waals surface area contributed by atoms with E-state index in [2.05, 4.69) is 15.6 Å². The number of nitrogens with one attached hydrogen (secondary N) is 2. The zero-order valence-electron chi connectivity index (χ0n) is 12.7. The lowest BCUT2D eigenvalue weighted by Crippen LogP contribution is -2.37. The number of halogens is 1. The molecule has 0 radical (unpaired) electrons. The molecule has 6 heteroatoms. The molecule has 1 aromatic carbocycles. The summed E-state index contributed by atoms with van der Waals surface area (Å²) in [6, 6.07) is 7.60. The van der Waals surface area contributed by atoms with Crippen LogP contribution in [0.1, 0.15) is 19.2 Å². The van der Waals surface area contributed by atoms with Gasteiger partial charge in [0.25, 0.3) is 0 Å². The molecule has 1 atom stereocenters. The minimum atomic E-state index is -0.00616. The monoisotopic (exact) mass is 321 g/mol. The number of rotatable bonds is 7. The Kier molecular flexibility index (Phi) is 5.98. The highest BCUT2D eigenvalue weighted by atomic mass is 35.5. The Hall–Kier alpha value is -1.85. The van der Waals surface area contributed by atoms with Crippen molar-refractivity contribution in [2.45, 2.75) is 25.8 Å². The Morgan fingerprint density at radius 3 is 2.77 bits per heavy atom. The SMILES string of the molecule is CNC(C)CNC(=O)CCc1ncc(-c2ccc(Cl)cc2)o1. The van der Waals surface area contributed by atoms with Crippen molar-refractivity contribution in [3.63, 3.8) is 0 Å². The topological polar surface area (TPSA) is 67.2 Å². The van der Waals surface area contributed by atoms with Crippen LogP contribution in [0.3, 0.4) is 0 Å². The maximum Gasteiger partial charge on any atom is 0.220 e. The molecule has 1 amide bonds. The summed E-state index contributed by atoms with van der Waals surface area (Å²) in [5, 5.41) is 6.60. The second-order valence-corrected chi connectivity index (χ2v) is 5.56. The first kappa shape index (κ1) is 16.5. The van der Waals surface area contributed by atoms with Gasteiger partial charge in [0.15, 0.2) is 11.7 Å². The molecule has 1 heterocycles. The van der Waals surface area contributed by atoms with Crippen molar-refractivity contribution >= 4 is 17.5 Å². The molecule has 0 spiro atoms. The van der Waals surface area contributed by atoms with Gasteiger partial charge in [-0.05, 0) is 38.2 Å². The van der Waals surface area contributed by atoms with Gasteiger partial charge >= 0.3 is 0 Å². The van der Waals surface area contributed by atoms with E-state index in [9.17, 15) is 4.79 Å². The fraction of sp³-hybridized carbons (Fsp3) is 0.375. The molecule has 1 unspecified atom stereocenters. The van der Waals surface area contributed by atoms with Gasteiger partial charge in [-0.2, -0.15) is 0 Å². The lowest BCUT2D eigenvalue weighted by atomic mass is 10.2. The molecule has 2 rings (SSSR count). The minimum Gasteiger partial charge on any atom is -0.441 e. The summed E-state index contributed by atoms with van der Waals surface area (Å²) < 4.78 is 5.66. The molecule has 0 aliphatic carbocycles. The van der Waals surface area contributed by atoms with E-state index in [1.54, 1.807) is 18.3 Å². The number of aryl methyl sites for hydroxylation is 1. The van der Waals surface area contributed by atoms with E-state index in [1.165, 1.54) is 0 Å². The van der Waals surface area contributed by atoms with Crippen LogP contribution in [0.2, 0.25) is 5.02 Å². The Morgan fingerprint density at radius 2 is 2.09 bits per heavy atom. The minimum absolute atomic E-state index is 0.00616. The summed E-state index contributed by atoms with van der Waals surface area (Å²) in [7, 11) is 1.86. The molecule has 0 bridgehead atoms. The third kappa shape index (κ3) is 4.86. The number of amides is 1. The van der Waals surface area contributed by atoms with Gasteiger partial charge in [0.2, 0.25) is 5.91 Å². The van der Waals surface area contributed by atoms with Gasteiger partial charge in [0, 0.05) is 36.0 Å². The highest BCUT2D eigenvalue weighted by Gasteiger charge is 2.09. The first-order valence-electron chi connectivity index (χ1n) is 7.23. The zero-order chi connectivity index (χ0) is 15.9. The summed E-state index contributed by atoms with van der Waals surface area (Å²) in [5.74, 6) is 1.23. The molecule has 1 aromatic heterocycles. The largest absolute Gasteiger partial charge is 0.441 e. The number of carbonyl (C=O) groups is 1. The number of hydrogen-bond acceptors (Lipinski definition) is 4. The Labute approximate surface area is 135 Å². The van der Waals surface area contributed by atoms with Crippen molar-refractivity contribution < 1.29 is 9.21 Å². The predicted molar refractivity (Wildman–Crippen MR) is 86.8 cm³/mol. The first-order chi connectivity index (χ1) is 10.6. The number of nitrogens with zero attached hydrogens (tertiary/aromatic N) is 1. The summed E-state index contributed by atoms with van der Waals surface area (Å²) >= 11 is 5.86. The Bertz CT molecular complexity index is 610. The number of hydrogen-bond donors (Lipinski definition) is 2. The van der Waals surface area contributed by atoms with E-state index in [1.807, 2.05) is 26.1 Å². The molecule has 22 heavy (non-hydrogen) atoms. The fourth-order valence-corrected chi connectivity index (χ4v) is 1.98. The number of aromatic nitrogens is 1. The van der Waals surface area contributed by atoms with Crippen molar-refractivity contribution in [3.8, 4) is 11.3 Å². The lowest BCUT2D eigenvalue weighted by molar-refractivity contribution is -0.121. The molecular formula is C16H20ClN3O2. The second kappa shape index (κ2) is 7.96. The molecular weight excluding hydrogens is 302 g/mol. The maximum atomic E-state index is 11.7. The van der Waals surface area contributed by atoms with Gasteiger partial charge in [-0.25, -0.2) is 4.98 Å². The van der Waals surface area contributed by atoms with Gasteiger partial charge in [-0.3, -0.25) is 4.79 Å². The zero-order valence-corrected chi connectivity index (χ0v) is 13.5. The van der Waals surface area contributed by atoms with Crippen LogP contribution in [0.25, 0.3) is 11.3 Å². The second-order valence-electron chi connectivity index (χ2n) is 5.12. The highest BCUT2D eigenvalue weighted by Crippen LogP contribution is 2.22. The van der Waals surface area contributed by atoms with E-state index in [0.29, 0.717) is 36.1 Å². The van der Waals surface area contributed by atoms with Gasteiger partial charge in [0.1, 0.15) is 0 Å². The van der Waals surface area contributed by atoms with E-state index < -0.39 is 0 Å². The summed E-state index contributed by atoms with van der Waals surface area (Å²) in [6.45, 7) is 2.61. The molecule has 118 valence electrons. The van der Waals surface area contributed by atoms with E-state index >= 15 is 0 Å². The van der Waals surface area contributed by atoms with Crippen molar-refractivity contribution in [3.05, 3.63) is 41.4 Å². The number of benzene rings is 1. The average Bonchev–Trinajstić information content (AvgIpc) is 3.00. The van der Waals surface area contributed by atoms with Crippen LogP contribution in [0.15, 0.2) is 34.9 Å². The number of carbonyl (C=O) groups excluding carboxylic acids is 1. The molecule has 5 nitrogen and oxygen atoms in total. The molecule has 2 aromatic rings. The molecule has 2 N–H and O–H groups in total. The van der Waals surface area contributed by atoms with Crippen LogP contribution in [0, 0.1) is 0 Å². The van der Waals surface area contributed by atoms with Gasteiger partial charge in [-0.1, -0.05) is 11.6 Å². The van der Waals surface area contributed by atoms with Crippen LogP contribution >= 0.6 is 11.6 Å². The van der Waals surface area contributed by atoms with Crippen molar-refractivity contribution in [2.75, 3.05) is 13.6 Å². The van der Waals surface area contributed by atoms with Gasteiger partial charge < -0.3 is 15.1 Å². The predicted octanol–water partition coefficient (Wildman–Crippen LogP) is 2.65. The van der Waals surface area contributed by atoms with Crippen LogP contribution in [-0.4, -0.2) is 30.5 Å². The molecule has 0 saturated heterocycles. The standard InChI is InChI=1S/C16H20ClN3O2/c1-11(18-2)9-19-15(21)7-8-16-20-10-14(22-16)12-3-5-13(17)6-4-12/h3-6,10-11,18H,7-9H2,1-2H3,(H,19,21). The van der Waals surface area contributed by atoms with Gasteiger partial charge in [-0.15, -0.1) is 0 Å². The number of likely N-dealkylation sites (N-methyl/N-ethyl adjacent to an activating group) is 1. The van der Waals surface area contributed by atoms with Crippen molar-refractivity contribution in [2.24, 2.45) is 0 Å². The van der Waals surface area contributed by atoms with E-state index in [4.69, 9.17) is 16.0 Å². The van der Waals surface area contributed by atoms with Crippen molar-refractivity contribution in [1.29, 1.82) is 0 Å². The third-order valence-corrected chi connectivity index (χ3v) is 3.60. The van der Waals surface area contributed by atoms with Crippen LogP contribution in [0.5, 0.6) is 0 Å². The van der Waals surface area contributed by atoms with Crippen molar-refractivity contribution in [1.82, 2.24) is 15.6 Å². The molecule has 0 fully saturated rings.